The molecule has 0 spiro atoms. The van der Waals surface area contributed by atoms with Crippen molar-refractivity contribution in [3.63, 3.8) is 0 Å². The van der Waals surface area contributed by atoms with E-state index >= 15 is 0 Å². The van der Waals surface area contributed by atoms with Crippen molar-refractivity contribution in [1.29, 1.82) is 0 Å². The molecule has 0 saturated heterocycles. The van der Waals surface area contributed by atoms with E-state index in [1.54, 1.807) is 0 Å². The average Bonchev–Trinajstić information content (AvgIpc) is 3.47. The summed E-state index contributed by atoms with van der Waals surface area (Å²) in [5.41, 5.74) is 6.82. The minimum absolute atomic E-state index is 0.471. The maximum absolute atomic E-state index is 3.53. The smallest absolute Gasteiger partial charge is 0.0743 e. The first-order valence-electron chi connectivity index (χ1n) is 10.6. The van der Waals surface area contributed by atoms with Gasteiger partial charge in [0.05, 0.1) is 5.41 Å². The largest absolute Gasteiger partial charge is 0.361 e. The van der Waals surface area contributed by atoms with Crippen LogP contribution in [0.4, 0.5) is 0 Å². The fourth-order valence-electron chi connectivity index (χ4n) is 5.07. The number of benzene rings is 4. The van der Waals surface area contributed by atoms with Gasteiger partial charge in [-0.25, -0.2) is 0 Å². The first kappa shape index (κ1) is 17.8. The van der Waals surface area contributed by atoms with Crippen molar-refractivity contribution in [3.8, 4) is 0 Å². The summed E-state index contributed by atoms with van der Waals surface area (Å²) in [6.07, 6.45) is 4.37. The van der Waals surface area contributed by atoms with Gasteiger partial charge in [0.25, 0.3) is 0 Å². The zero-order valence-corrected chi connectivity index (χ0v) is 17.0. The van der Waals surface area contributed by atoms with Gasteiger partial charge in [-0.15, -0.1) is 0 Å². The highest BCUT2D eigenvalue weighted by atomic mass is 14.7. The van der Waals surface area contributed by atoms with E-state index in [0.717, 1.165) is 11.0 Å². The Kier molecular flexibility index (Phi) is 4.03. The second-order valence-electron chi connectivity index (χ2n) is 7.98. The van der Waals surface area contributed by atoms with Gasteiger partial charge in [-0.05, 0) is 34.4 Å². The first-order chi connectivity index (χ1) is 15.4. The number of aromatic nitrogens is 2. The summed E-state index contributed by atoms with van der Waals surface area (Å²) in [4.78, 5) is 7.07. The van der Waals surface area contributed by atoms with E-state index in [1.165, 1.54) is 33.0 Å². The van der Waals surface area contributed by atoms with Gasteiger partial charge in [0.15, 0.2) is 0 Å². The molecule has 0 saturated carbocycles. The average molecular weight is 399 g/mol. The Morgan fingerprint density at radius 3 is 1.26 bits per heavy atom. The Morgan fingerprint density at radius 1 is 0.419 bits per heavy atom. The minimum Gasteiger partial charge on any atom is -0.361 e. The minimum atomic E-state index is -0.471. The molecule has 6 aromatic rings. The molecule has 0 aliphatic carbocycles. The summed E-state index contributed by atoms with van der Waals surface area (Å²) >= 11 is 0. The highest BCUT2D eigenvalue weighted by Gasteiger charge is 2.41. The van der Waals surface area contributed by atoms with Crippen LogP contribution in [-0.4, -0.2) is 9.97 Å². The fourth-order valence-corrected chi connectivity index (χ4v) is 5.07. The molecule has 0 atom stereocenters. The summed E-state index contributed by atoms with van der Waals surface area (Å²) in [5.74, 6) is 0. The van der Waals surface area contributed by atoms with Crippen molar-refractivity contribution < 1.29 is 0 Å². The van der Waals surface area contributed by atoms with Crippen molar-refractivity contribution in [3.05, 3.63) is 144 Å². The monoisotopic (exact) mass is 398 g/mol. The van der Waals surface area contributed by atoms with Gasteiger partial charge in [-0.3, -0.25) is 0 Å². The van der Waals surface area contributed by atoms with Crippen molar-refractivity contribution in [1.82, 2.24) is 9.97 Å². The molecule has 2 heteroatoms. The molecule has 2 heterocycles. The van der Waals surface area contributed by atoms with Gasteiger partial charge in [0.2, 0.25) is 0 Å². The van der Waals surface area contributed by atoms with Crippen LogP contribution in [-0.2, 0) is 5.41 Å². The van der Waals surface area contributed by atoms with Crippen LogP contribution in [0.5, 0.6) is 0 Å². The third-order valence-corrected chi connectivity index (χ3v) is 6.40. The van der Waals surface area contributed by atoms with Gasteiger partial charge in [-0.1, -0.05) is 97.1 Å². The summed E-state index contributed by atoms with van der Waals surface area (Å²) in [6.45, 7) is 0. The lowest BCUT2D eigenvalue weighted by atomic mass is 9.65. The number of hydrogen-bond donors (Lipinski definition) is 2. The van der Waals surface area contributed by atoms with E-state index in [-0.39, 0.29) is 0 Å². The zero-order valence-electron chi connectivity index (χ0n) is 17.0. The molecule has 2 N–H and O–H groups in total. The number of nitrogens with one attached hydrogen (secondary N) is 2. The van der Waals surface area contributed by atoms with Crippen LogP contribution in [0.15, 0.2) is 122 Å². The number of aromatic amines is 2. The standard InChI is InChI=1S/C29H22N2/c1-3-11-21(12-4-1)29(22-13-5-2-6-14-22,25-19-30-27-17-9-7-15-23(25)27)26-20-31-28-18-10-8-16-24(26)28/h1-20,30-31H. The third-order valence-electron chi connectivity index (χ3n) is 6.40. The fraction of sp³-hybridized carbons (Fsp3) is 0.0345. The molecule has 0 aliphatic rings. The quantitative estimate of drug-likeness (QED) is 0.319. The van der Waals surface area contributed by atoms with E-state index < -0.39 is 5.41 Å². The van der Waals surface area contributed by atoms with E-state index in [1.807, 2.05) is 0 Å². The molecular formula is C29H22N2. The van der Waals surface area contributed by atoms with Gasteiger partial charge in [-0.2, -0.15) is 0 Å². The van der Waals surface area contributed by atoms with Gasteiger partial charge in [0.1, 0.15) is 0 Å². The molecule has 2 aromatic heterocycles. The van der Waals surface area contributed by atoms with Crippen molar-refractivity contribution in [2.45, 2.75) is 5.41 Å². The maximum Gasteiger partial charge on any atom is 0.0743 e. The van der Waals surface area contributed by atoms with Crippen LogP contribution in [0.3, 0.4) is 0 Å². The number of H-pyrrole nitrogens is 2. The van der Waals surface area contributed by atoms with E-state index in [9.17, 15) is 0 Å². The van der Waals surface area contributed by atoms with Crippen molar-refractivity contribution >= 4 is 21.8 Å². The Morgan fingerprint density at radius 2 is 0.806 bits per heavy atom. The molecule has 0 fully saturated rings. The van der Waals surface area contributed by atoms with Gasteiger partial charge < -0.3 is 9.97 Å². The summed E-state index contributed by atoms with van der Waals surface area (Å²) in [6, 6.07) is 38.8. The molecule has 4 aromatic carbocycles. The molecular weight excluding hydrogens is 376 g/mol. The highest BCUT2D eigenvalue weighted by Crippen LogP contribution is 2.49. The predicted molar refractivity (Wildman–Crippen MR) is 128 cm³/mol. The van der Waals surface area contributed by atoms with Gasteiger partial charge in [0, 0.05) is 34.2 Å². The first-order valence-corrected chi connectivity index (χ1v) is 10.6. The SMILES string of the molecule is c1ccc(C(c2ccccc2)(c2c[nH]c3ccccc23)c2c[nH]c3ccccc23)cc1. The Balaban J connectivity index is 1.83. The second kappa shape index (κ2) is 7.03. The predicted octanol–water partition coefficient (Wildman–Crippen LogP) is 7.03. The zero-order chi connectivity index (χ0) is 20.7. The van der Waals surface area contributed by atoms with Crippen LogP contribution >= 0.6 is 0 Å². The molecule has 2 nitrogen and oxygen atoms in total. The van der Waals surface area contributed by atoms with Crippen LogP contribution in [0.1, 0.15) is 22.3 Å². The maximum atomic E-state index is 3.53. The van der Waals surface area contributed by atoms with Crippen molar-refractivity contribution in [2.75, 3.05) is 0 Å². The summed E-state index contributed by atoms with van der Waals surface area (Å²) in [7, 11) is 0. The molecule has 6 rings (SSSR count). The van der Waals surface area contributed by atoms with E-state index in [4.69, 9.17) is 0 Å². The molecule has 0 aliphatic heterocycles. The topological polar surface area (TPSA) is 31.6 Å². The summed E-state index contributed by atoms with van der Waals surface area (Å²) < 4.78 is 0. The molecule has 31 heavy (non-hydrogen) atoms. The van der Waals surface area contributed by atoms with Crippen LogP contribution in [0, 0.1) is 0 Å². The molecule has 0 amide bonds. The number of para-hydroxylation sites is 2. The summed E-state index contributed by atoms with van der Waals surface area (Å²) in [5, 5.41) is 2.47. The lowest BCUT2D eigenvalue weighted by Crippen LogP contribution is -2.30. The third kappa shape index (κ3) is 2.58. The number of hydrogen-bond acceptors (Lipinski definition) is 0. The molecule has 0 radical (unpaired) electrons. The van der Waals surface area contributed by atoms with Crippen LogP contribution < -0.4 is 0 Å². The lowest BCUT2D eigenvalue weighted by molar-refractivity contribution is 0.759. The molecule has 0 unspecified atom stereocenters. The van der Waals surface area contributed by atoms with E-state index in [2.05, 4.69) is 132 Å². The van der Waals surface area contributed by atoms with E-state index in [0.29, 0.717) is 0 Å². The van der Waals surface area contributed by atoms with Crippen LogP contribution in [0.25, 0.3) is 21.8 Å². The number of rotatable bonds is 4. The van der Waals surface area contributed by atoms with Crippen molar-refractivity contribution in [2.24, 2.45) is 0 Å². The van der Waals surface area contributed by atoms with Crippen LogP contribution in [0.2, 0.25) is 0 Å². The Labute approximate surface area is 181 Å². The highest BCUT2D eigenvalue weighted by molar-refractivity contribution is 5.92. The van der Waals surface area contributed by atoms with Gasteiger partial charge >= 0.3 is 0 Å². The second-order valence-corrected chi connectivity index (χ2v) is 7.98. The number of fused-ring (bicyclic) bond motifs is 2. The Bertz CT molecular complexity index is 1360. The molecule has 148 valence electrons. The lowest BCUT2D eigenvalue weighted by Gasteiger charge is -2.35. The normalized spacial score (nSPS) is 11.9. The molecule has 0 bridgehead atoms. The Hall–Kier alpha value is -4.04.